The van der Waals surface area contributed by atoms with E-state index < -0.39 is 48.2 Å². The Kier molecular flexibility index (Phi) is 9.27. The number of ether oxygens (including phenoxy) is 1. The topological polar surface area (TPSA) is 142 Å². The number of benzene rings is 1. The maximum absolute atomic E-state index is 15.8. The van der Waals surface area contributed by atoms with Crippen LogP contribution in [0.15, 0.2) is 23.5 Å². The van der Waals surface area contributed by atoms with E-state index in [1.54, 1.807) is 11.0 Å². The molecule has 2 amide bonds. The number of carboxylic acid groups (broad SMARTS) is 1. The van der Waals surface area contributed by atoms with Crippen LogP contribution in [0.1, 0.15) is 55.7 Å². The molecule has 10 nitrogen and oxygen atoms in total. The lowest BCUT2D eigenvalue weighted by Gasteiger charge is -2.44. The van der Waals surface area contributed by atoms with Gasteiger partial charge in [0.2, 0.25) is 17.5 Å². The largest absolute Gasteiger partial charge is 0.487 e. The van der Waals surface area contributed by atoms with Crippen molar-refractivity contribution >= 4 is 29.4 Å². The molecule has 41 heavy (non-hydrogen) atoms. The van der Waals surface area contributed by atoms with Crippen molar-refractivity contribution in [2.45, 2.75) is 63.1 Å². The number of aliphatic carboxylic acids is 1. The average molecular weight is 602 g/mol. The molecule has 1 aromatic carbocycles. The molecule has 1 aromatic rings. The number of hydrogen-bond donors (Lipinski definition) is 3. The number of hydrogen-bond acceptors (Lipinski definition) is 7. The normalized spacial score (nSPS) is 25.2. The lowest BCUT2D eigenvalue weighted by Crippen LogP contribution is -2.55. The van der Waals surface area contributed by atoms with E-state index in [0.29, 0.717) is 53.4 Å². The summed E-state index contributed by atoms with van der Waals surface area (Å²) in [6.07, 6.45) is -1.09. The van der Waals surface area contributed by atoms with Gasteiger partial charge in [0.1, 0.15) is 18.1 Å². The van der Waals surface area contributed by atoms with E-state index in [-0.39, 0.29) is 49.7 Å². The first-order chi connectivity index (χ1) is 19.4. The Morgan fingerprint density at radius 3 is 2.59 bits per heavy atom. The van der Waals surface area contributed by atoms with Crippen molar-refractivity contribution < 1.29 is 37.4 Å². The zero-order valence-corrected chi connectivity index (χ0v) is 23.5. The van der Waals surface area contributed by atoms with Crippen LogP contribution in [0.25, 0.3) is 0 Å². The van der Waals surface area contributed by atoms with E-state index in [1.165, 1.54) is 18.0 Å². The number of likely N-dealkylation sites (tertiary alicyclic amines) is 1. The fourth-order valence-electron chi connectivity index (χ4n) is 6.12. The van der Waals surface area contributed by atoms with Crippen molar-refractivity contribution in [2.24, 2.45) is 17.5 Å². The van der Waals surface area contributed by atoms with Crippen LogP contribution in [0, 0.1) is 5.92 Å². The minimum absolute atomic E-state index is 0.0481. The predicted molar refractivity (Wildman–Crippen MR) is 144 cm³/mol. The molecule has 0 aromatic heterocycles. The van der Waals surface area contributed by atoms with E-state index in [1.807, 2.05) is 0 Å². The first-order valence-corrected chi connectivity index (χ1v) is 13.9. The average Bonchev–Trinajstić information content (AvgIpc) is 3.32. The highest BCUT2D eigenvalue weighted by molar-refractivity contribution is 6.31. The van der Waals surface area contributed by atoms with Crippen LogP contribution < -0.4 is 16.3 Å². The van der Waals surface area contributed by atoms with Crippen molar-refractivity contribution in [3.8, 4) is 5.75 Å². The van der Waals surface area contributed by atoms with Crippen molar-refractivity contribution in [2.75, 3.05) is 33.3 Å². The zero-order chi connectivity index (χ0) is 30.1. The minimum atomic E-state index is -2.96. The lowest BCUT2D eigenvalue weighted by atomic mass is 9.75. The Morgan fingerprint density at radius 2 is 1.98 bits per heavy atom. The molecule has 3 aliphatic rings. The Balaban J connectivity index is 1.75. The summed E-state index contributed by atoms with van der Waals surface area (Å²) in [5.74, 6) is 1.87. The number of alkyl halides is 3. The molecule has 5 N–H and O–H groups in total. The number of allylic oxidation sites excluding steroid dienone is 1. The Morgan fingerprint density at radius 1 is 1.24 bits per heavy atom. The van der Waals surface area contributed by atoms with Gasteiger partial charge in [0.25, 0.3) is 6.43 Å². The molecule has 0 bridgehead atoms. The third kappa shape index (κ3) is 6.06. The molecule has 0 radical (unpaired) electrons. The van der Waals surface area contributed by atoms with Crippen molar-refractivity contribution in [1.29, 1.82) is 0 Å². The number of amides is 2. The van der Waals surface area contributed by atoms with E-state index in [0.717, 1.165) is 0 Å². The molecule has 14 heteroatoms. The molecule has 4 rings (SSSR count). The van der Waals surface area contributed by atoms with Gasteiger partial charge in [-0.05, 0) is 49.8 Å². The third-order valence-electron chi connectivity index (χ3n) is 8.21. The molecule has 2 heterocycles. The highest BCUT2D eigenvalue weighted by Crippen LogP contribution is 2.45. The second-order valence-corrected chi connectivity index (χ2v) is 11.2. The molecule has 1 saturated heterocycles. The van der Waals surface area contributed by atoms with Gasteiger partial charge in [-0.3, -0.25) is 9.59 Å². The van der Waals surface area contributed by atoms with Gasteiger partial charge in [-0.15, -0.1) is 0 Å². The smallest absolute Gasteiger partial charge is 0.342 e. The maximum Gasteiger partial charge on any atom is 0.342 e. The summed E-state index contributed by atoms with van der Waals surface area (Å²) in [7, 11) is 1.22. The summed E-state index contributed by atoms with van der Waals surface area (Å²) in [4.78, 5) is 41.6. The van der Waals surface area contributed by atoms with Crippen LogP contribution in [0.4, 0.5) is 13.2 Å². The second kappa shape index (κ2) is 12.4. The van der Waals surface area contributed by atoms with E-state index in [9.17, 15) is 28.3 Å². The van der Waals surface area contributed by atoms with E-state index >= 15 is 4.39 Å². The summed E-state index contributed by atoms with van der Waals surface area (Å²) in [5.41, 5.74) is 3.34. The summed E-state index contributed by atoms with van der Waals surface area (Å²) in [6.45, 7) is 0.148. The van der Waals surface area contributed by atoms with Gasteiger partial charge in [-0.25, -0.2) is 23.8 Å². The van der Waals surface area contributed by atoms with Gasteiger partial charge >= 0.3 is 5.97 Å². The van der Waals surface area contributed by atoms with Crippen LogP contribution in [0.3, 0.4) is 0 Å². The molecular formula is C27H35ClF3N5O5. The molecule has 1 aliphatic carbocycles. The van der Waals surface area contributed by atoms with Crippen molar-refractivity contribution in [3.63, 3.8) is 0 Å². The Hall–Kier alpha value is -3.19. The first kappa shape index (κ1) is 30.8. The molecule has 226 valence electrons. The Labute approximate surface area is 241 Å². The van der Waals surface area contributed by atoms with Crippen LogP contribution >= 0.6 is 11.6 Å². The number of nitrogens with zero attached hydrogens (tertiary/aromatic N) is 3. The summed E-state index contributed by atoms with van der Waals surface area (Å²) in [5, 5.41) is 10.8. The zero-order valence-electron chi connectivity index (χ0n) is 22.8. The molecule has 1 unspecified atom stereocenters. The minimum Gasteiger partial charge on any atom is -0.487 e. The molecule has 2 aliphatic heterocycles. The van der Waals surface area contributed by atoms with E-state index in [2.05, 4.69) is 0 Å². The van der Waals surface area contributed by atoms with Gasteiger partial charge < -0.3 is 30.4 Å². The van der Waals surface area contributed by atoms with Crippen molar-refractivity contribution in [1.82, 2.24) is 14.8 Å². The van der Waals surface area contributed by atoms with Gasteiger partial charge in [0, 0.05) is 43.7 Å². The summed E-state index contributed by atoms with van der Waals surface area (Å²) < 4.78 is 48.7. The lowest BCUT2D eigenvalue weighted by molar-refractivity contribution is -0.166. The first-order valence-electron chi connectivity index (χ1n) is 13.6. The van der Waals surface area contributed by atoms with Gasteiger partial charge in [0.15, 0.2) is 0 Å². The van der Waals surface area contributed by atoms with Gasteiger partial charge in [-0.1, -0.05) is 18.0 Å². The highest BCUT2D eigenvalue weighted by atomic mass is 35.5. The fraction of sp³-hybridized carbons (Fsp3) is 0.593. The molecule has 3 atom stereocenters. The molecular weight excluding hydrogens is 567 g/mol. The third-order valence-corrected chi connectivity index (χ3v) is 8.56. The van der Waals surface area contributed by atoms with Gasteiger partial charge in [0.05, 0.1) is 17.7 Å². The van der Waals surface area contributed by atoms with Crippen LogP contribution in [-0.2, 0) is 20.8 Å². The SMILES string of the molecule is CN(N)/C(=C(\N)COc1ccc(Cl)c2c1C(CN1CCCC1=O)N(C(=O)[C@@H]1CCCC[C@]1(F)C(=O)O)CC2)C(F)F. The quantitative estimate of drug-likeness (QED) is 0.290. The number of carboxylic acids is 1. The van der Waals surface area contributed by atoms with Crippen molar-refractivity contribution in [3.05, 3.63) is 39.7 Å². The van der Waals surface area contributed by atoms with Crippen LogP contribution in [-0.4, -0.2) is 83.1 Å². The molecule has 0 spiro atoms. The van der Waals surface area contributed by atoms with Crippen LogP contribution in [0.5, 0.6) is 5.75 Å². The maximum atomic E-state index is 15.8. The van der Waals surface area contributed by atoms with Gasteiger partial charge in [-0.2, -0.15) is 0 Å². The summed E-state index contributed by atoms with van der Waals surface area (Å²) >= 11 is 6.55. The monoisotopic (exact) mass is 601 g/mol. The second-order valence-electron chi connectivity index (χ2n) is 10.8. The number of hydrazine groups is 1. The van der Waals surface area contributed by atoms with Crippen LogP contribution in [0.2, 0.25) is 5.02 Å². The molecule has 2 fully saturated rings. The molecule has 1 saturated carbocycles. The standard InChI is InChI=1S/C27H35ClF3N5O5/c1-34(33)23(24(29)30)18(32)14-41-20-8-7-17(28)15-9-12-36(19(22(15)20)13-35-11-4-6-21(35)37)25(38)16-5-2-3-10-27(16,31)26(39)40/h7-8,16,19,24H,2-6,9-14,32-33H2,1H3,(H,39,40)/b23-18-/t16-,19?,27+/m0/s1. The number of carbonyl (C=O) groups excluding carboxylic acids is 2. The number of carbonyl (C=O) groups is 3. The number of rotatable bonds is 9. The predicted octanol–water partition coefficient (Wildman–Crippen LogP) is 2.99. The highest BCUT2D eigenvalue weighted by Gasteiger charge is 2.54. The Bertz CT molecular complexity index is 1220. The number of halogens is 4. The number of fused-ring (bicyclic) bond motifs is 1. The van der Waals surface area contributed by atoms with E-state index in [4.69, 9.17) is 27.9 Å². The number of nitrogens with two attached hydrogens (primary N) is 2. The summed E-state index contributed by atoms with van der Waals surface area (Å²) in [6, 6.07) is 2.25. The fourth-order valence-corrected chi connectivity index (χ4v) is 6.38.